The van der Waals surface area contributed by atoms with E-state index in [2.05, 4.69) is 27.2 Å². The van der Waals surface area contributed by atoms with Gasteiger partial charge in [-0.15, -0.1) is 0 Å². The van der Waals surface area contributed by atoms with Crippen molar-refractivity contribution in [3.8, 4) is 11.4 Å². The van der Waals surface area contributed by atoms with E-state index in [0.29, 0.717) is 25.0 Å². The normalized spacial score (nSPS) is 17.6. The molecule has 0 aliphatic carbocycles. The number of ether oxygens (including phenoxy) is 2. The Balaban J connectivity index is 1.64. The first kappa shape index (κ1) is 16.8. The van der Waals surface area contributed by atoms with Gasteiger partial charge >= 0.3 is 0 Å². The fourth-order valence-electron chi connectivity index (χ4n) is 2.95. The van der Waals surface area contributed by atoms with Crippen molar-refractivity contribution in [3.05, 3.63) is 36.3 Å². The second kappa shape index (κ2) is 7.23. The van der Waals surface area contributed by atoms with E-state index in [4.69, 9.17) is 9.47 Å². The average Bonchev–Trinajstić information content (AvgIpc) is 2.99. The fraction of sp³-hybridized carbons (Fsp3) is 0.500. The molecule has 3 heterocycles. The molecule has 0 amide bonds. The van der Waals surface area contributed by atoms with E-state index in [-0.39, 0.29) is 0 Å². The van der Waals surface area contributed by atoms with E-state index in [0.717, 1.165) is 30.0 Å². The standard InChI is InChI=1S/C18H24N4O2/c1-13(11-18(3)23-8-9-24-18)12-20-16-10-14(2)21-17(22-16)15-4-6-19-7-5-15/h4-7,10,13H,8-9,11-12H2,1-3H3,(H,20,21,22)/t13-/m0/s1. The van der Waals surface area contributed by atoms with Crippen molar-refractivity contribution in [1.82, 2.24) is 15.0 Å². The largest absolute Gasteiger partial charge is 0.370 e. The Morgan fingerprint density at radius 2 is 1.92 bits per heavy atom. The van der Waals surface area contributed by atoms with Gasteiger partial charge in [0.05, 0.1) is 13.2 Å². The third-order valence-electron chi connectivity index (χ3n) is 4.04. The Bertz CT molecular complexity index is 672. The second-order valence-electron chi connectivity index (χ2n) is 6.47. The van der Waals surface area contributed by atoms with Gasteiger partial charge in [0.25, 0.3) is 0 Å². The first-order valence-corrected chi connectivity index (χ1v) is 8.32. The summed E-state index contributed by atoms with van der Waals surface area (Å²) in [7, 11) is 0. The summed E-state index contributed by atoms with van der Waals surface area (Å²) in [6.07, 6.45) is 4.35. The molecule has 0 aromatic carbocycles. The molecule has 1 aliphatic rings. The van der Waals surface area contributed by atoms with Crippen LogP contribution in [0.15, 0.2) is 30.6 Å². The number of aromatic nitrogens is 3. The highest BCUT2D eigenvalue weighted by molar-refractivity contribution is 5.56. The van der Waals surface area contributed by atoms with Gasteiger partial charge in [0, 0.05) is 42.7 Å². The first-order valence-electron chi connectivity index (χ1n) is 8.32. The number of aryl methyl sites for hydroxylation is 1. The van der Waals surface area contributed by atoms with Gasteiger partial charge in [-0.3, -0.25) is 4.98 Å². The van der Waals surface area contributed by atoms with Crippen molar-refractivity contribution in [3.63, 3.8) is 0 Å². The number of nitrogens with one attached hydrogen (secondary N) is 1. The maximum atomic E-state index is 5.68. The highest BCUT2D eigenvalue weighted by atomic mass is 16.7. The number of nitrogens with zero attached hydrogens (tertiary/aromatic N) is 3. The minimum absolute atomic E-state index is 0.396. The summed E-state index contributed by atoms with van der Waals surface area (Å²) >= 11 is 0. The molecule has 1 N–H and O–H groups in total. The van der Waals surface area contributed by atoms with Gasteiger partial charge in [-0.05, 0) is 31.9 Å². The molecule has 3 rings (SSSR count). The molecule has 0 saturated carbocycles. The topological polar surface area (TPSA) is 69.2 Å². The SMILES string of the molecule is Cc1cc(NC[C@@H](C)CC2(C)OCCO2)nc(-c2ccncc2)n1. The molecule has 1 saturated heterocycles. The molecule has 0 spiro atoms. The predicted octanol–water partition coefficient (Wildman–Crippen LogP) is 3.05. The van der Waals surface area contributed by atoms with E-state index in [9.17, 15) is 0 Å². The van der Waals surface area contributed by atoms with Crippen LogP contribution in [0.5, 0.6) is 0 Å². The molecule has 0 radical (unpaired) electrons. The van der Waals surface area contributed by atoms with E-state index in [1.54, 1.807) is 12.4 Å². The van der Waals surface area contributed by atoms with Crippen molar-refractivity contribution >= 4 is 5.82 Å². The molecular formula is C18H24N4O2. The Kier molecular flexibility index (Phi) is 5.06. The Morgan fingerprint density at radius 1 is 1.21 bits per heavy atom. The number of anilines is 1. The number of hydrogen-bond acceptors (Lipinski definition) is 6. The molecule has 1 atom stereocenters. The van der Waals surface area contributed by atoms with Crippen LogP contribution in [0.2, 0.25) is 0 Å². The van der Waals surface area contributed by atoms with Crippen molar-refractivity contribution in [2.45, 2.75) is 33.0 Å². The van der Waals surface area contributed by atoms with Crippen LogP contribution in [0.25, 0.3) is 11.4 Å². The van der Waals surface area contributed by atoms with Crippen LogP contribution >= 0.6 is 0 Å². The van der Waals surface area contributed by atoms with E-state index in [1.165, 1.54) is 0 Å². The summed E-state index contributed by atoms with van der Waals surface area (Å²) in [6.45, 7) is 8.32. The number of pyridine rings is 1. The Morgan fingerprint density at radius 3 is 2.62 bits per heavy atom. The Hall–Kier alpha value is -2.05. The van der Waals surface area contributed by atoms with Crippen LogP contribution in [-0.2, 0) is 9.47 Å². The zero-order chi connectivity index (χ0) is 17.0. The molecule has 6 nitrogen and oxygen atoms in total. The summed E-state index contributed by atoms with van der Waals surface area (Å²) in [5, 5.41) is 3.41. The Labute approximate surface area is 142 Å². The van der Waals surface area contributed by atoms with E-state index < -0.39 is 5.79 Å². The van der Waals surface area contributed by atoms with Crippen molar-refractivity contribution < 1.29 is 9.47 Å². The molecule has 24 heavy (non-hydrogen) atoms. The second-order valence-corrected chi connectivity index (χ2v) is 6.47. The lowest BCUT2D eigenvalue weighted by molar-refractivity contribution is -0.153. The first-order chi connectivity index (χ1) is 11.5. The summed E-state index contributed by atoms with van der Waals surface area (Å²) in [5.74, 6) is 1.49. The average molecular weight is 328 g/mol. The van der Waals surface area contributed by atoms with Gasteiger partial charge < -0.3 is 14.8 Å². The van der Waals surface area contributed by atoms with Crippen LogP contribution in [0, 0.1) is 12.8 Å². The van der Waals surface area contributed by atoms with Crippen LogP contribution in [0.3, 0.4) is 0 Å². The van der Waals surface area contributed by atoms with Gasteiger partial charge in [0.15, 0.2) is 11.6 Å². The van der Waals surface area contributed by atoms with Gasteiger partial charge in [-0.25, -0.2) is 9.97 Å². The molecule has 128 valence electrons. The molecular weight excluding hydrogens is 304 g/mol. The van der Waals surface area contributed by atoms with E-state index in [1.807, 2.05) is 32.0 Å². The minimum atomic E-state index is -0.453. The maximum Gasteiger partial charge on any atom is 0.166 e. The lowest BCUT2D eigenvalue weighted by Crippen LogP contribution is -2.30. The third-order valence-corrected chi connectivity index (χ3v) is 4.04. The van der Waals surface area contributed by atoms with Gasteiger partial charge in [0.2, 0.25) is 0 Å². The maximum absolute atomic E-state index is 5.68. The molecule has 0 bridgehead atoms. The van der Waals surface area contributed by atoms with Gasteiger partial charge in [-0.2, -0.15) is 0 Å². The summed E-state index contributed by atoms with van der Waals surface area (Å²) in [6, 6.07) is 5.79. The molecule has 1 fully saturated rings. The van der Waals surface area contributed by atoms with Gasteiger partial charge in [0.1, 0.15) is 5.82 Å². The molecule has 2 aromatic rings. The predicted molar refractivity (Wildman–Crippen MR) is 92.6 cm³/mol. The lowest BCUT2D eigenvalue weighted by Gasteiger charge is -2.26. The highest BCUT2D eigenvalue weighted by Gasteiger charge is 2.32. The minimum Gasteiger partial charge on any atom is -0.370 e. The number of rotatable bonds is 6. The van der Waals surface area contributed by atoms with Crippen molar-refractivity contribution in [2.24, 2.45) is 5.92 Å². The van der Waals surface area contributed by atoms with Crippen LogP contribution < -0.4 is 5.32 Å². The summed E-state index contributed by atoms with van der Waals surface area (Å²) in [4.78, 5) is 13.2. The van der Waals surface area contributed by atoms with Gasteiger partial charge in [-0.1, -0.05) is 6.92 Å². The lowest BCUT2D eigenvalue weighted by atomic mass is 10.0. The molecule has 1 aliphatic heterocycles. The molecule has 2 aromatic heterocycles. The smallest absolute Gasteiger partial charge is 0.166 e. The van der Waals surface area contributed by atoms with Crippen LogP contribution in [-0.4, -0.2) is 40.5 Å². The fourth-order valence-corrected chi connectivity index (χ4v) is 2.95. The molecule has 0 unspecified atom stereocenters. The van der Waals surface area contributed by atoms with Crippen molar-refractivity contribution in [1.29, 1.82) is 0 Å². The number of hydrogen-bond donors (Lipinski definition) is 1. The highest BCUT2D eigenvalue weighted by Crippen LogP contribution is 2.27. The van der Waals surface area contributed by atoms with E-state index >= 15 is 0 Å². The zero-order valence-electron chi connectivity index (χ0n) is 14.5. The van der Waals surface area contributed by atoms with Crippen molar-refractivity contribution in [2.75, 3.05) is 25.1 Å². The summed E-state index contributed by atoms with van der Waals surface area (Å²) in [5.41, 5.74) is 1.89. The molecule has 6 heteroatoms. The quantitative estimate of drug-likeness (QED) is 0.879. The van der Waals surface area contributed by atoms with Crippen LogP contribution in [0.4, 0.5) is 5.82 Å². The zero-order valence-corrected chi connectivity index (χ0v) is 14.5. The van der Waals surface area contributed by atoms with Crippen LogP contribution in [0.1, 0.15) is 26.0 Å². The summed E-state index contributed by atoms with van der Waals surface area (Å²) < 4.78 is 11.4. The third kappa shape index (κ3) is 4.27. The monoisotopic (exact) mass is 328 g/mol.